The Labute approximate surface area is 159 Å². The molecule has 0 aliphatic carbocycles. The van der Waals surface area contributed by atoms with E-state index in [4.69, 9.17) is 4.99 Å². The highest BCUT2D eigenvalue weighted by molar-refractivity contribution is 7.14. The summed E-state index contributed by atoms with van der Waals surface area (Å²) in [6, 6.07) is 14.4. The highest BCUT2D eigenvalue weighted by Gasteiger charge is 2.08. The molecular formula is C20H18N4S2. The molecule has 26 heavy (non-hydrogen) atoms. The number of rotatable bonds is 4. The molecule has 0 spiro atoms. The maximum atomic E-state index is 4.84. The van der Waals surface area contributed by atoms with Crippen LogP contribution in [0.25, 0.3) is 10.6 Å². The van der Waals surface area contributed by atoms with Crippen LogP contribution in [0.2, 0.25) is 0 Å². The largest absolute Gasteiger partial charge is 0.360 e. The van der Waals surface area contributed by atoms with Gasteiger partial charge < -0.3 is 4.98 Å². The minimum absolute atomic E-state index is 0.847. The fourth-order valence-electron chi connectivity index (χ4n) is 2.53. The van der Waals surface area contributed by atoms with E-state index in [2.05, 4.69) is 59.0 Å². The summed E-state index contributed by atoms with van der Waals surface area (Å²) in [4.78, 5) is 10.0. The van der Waals surface area contributed by atoms with E-state index in [1.807, 2.05) is 35.3 Å². The molecule has 0 aliphatic rings. The first-order valence-electron chi connectivity index (χ1n) is 8.25. The quantitative estimate of drug-likeness (QED) is 0.466. The van der Waals surface area contributed by atoms with Crippen molar-refractivity contribution in [3.05, 3.63) is 81.0 Å². The predicted octanol–water partition coefficient (Wildman–Crippen LogP) is 5.34. The first-order chi connectivity index (χ1) is 12.7. The molecule has 0 amide bonds. The van der Waals surface area contributed by atoms with E-state index in [9.17, 15) is 0 Å². The van der Waals surface area contributed by atoms with E-state index >= 15 is 0 Å². The number of H-pyrrole nitrogens is 1. The Kier molecular flexibility index (Phi) is 4.69. The average Bonchev–Trinajstić information content (AvgIpc) is 3.37. The van der Waals surface area contributed by atoms with Gasteiger partial charge in [0.15, 0.2) is 0 Å². The van der Waals surface area contributed by atoms with E-state index < -0.39 is 0 Å². The van der Waals surface area contributed by atoms with Crippen LogP contribution in [0.3, 0.4) is 0 Å². The molecule has 3 aromatic heterocycles. The van der Waals surface area contributed by atoms with Crippen LogP contribution in [0, 0.1) is 13.8 Å². The molecule has 3 heterocycles. The molecule has 0 fully saturated rings. The molecule has 0 aliphatic heterocycles. The standard InChI is InChI=1S/C20H18N4S2/c1-14-7-8-16(11-15(14)2)23-20-24(22-12-17-5-3-9-21-17)18(13-26-20)19-6-4-10-25-19/h3-13,21H,1-2H3. The number of nitrogens with one attached hydrogen (secondary N) is 1. The Morgan fingerprint density at radius 2 is 1.96 bits per heavy atom. The number of benzene rings is 1. The van der Waals surface area contributed by atoms with Crippen molar-refractivity contribution in [2.75, 3.05) is 0 Å². The Hall–Kier alpha value is -2.70. The molecule has 0 bridgehead atoms. The van der Waals surface area contributed by atoms with E-state index in [0.29, 0.717) is 0 Å². The van der Waals surface area contributed by atoms with Crippen LogP contribution >= 0.6 is 22.7 Å². The molecule has 0 atom stereocenters. The number of thiophene rings is 1. The minimum Gasteiger partial charge on any atom is -0.360 e. The SMILES string of the molecule is Cc1ccc(N=c2scc(-c3cccs3)n2N=Cc2ccc[nH]2)cc1C. The lowest BCUT2D eigenvalue weighted by Gasteiger charge is -2.02. The first kappa shape index (κ1) is 16.8. The lowest BCUT2D eigenvalue weighted by atomic mass is 10.1. The molecule has 1 aromatic carbocycles. The van der Waals surface area contributed by atoms with Crippen LogP contribution in [-0.2, 0) is 0 Å². The van der Waals surface area contributed by atoms with Gasteiger partial charge in [0.2, 0.25) is 4.80 Å². The second kappa shape index (κ2) is 7.27. The second-order valence-electron chi connectivity index (χ2n) is 5.94. The van der Waals surface area contributed by atoms with Gasteiger partial charge in [0.1, 0.15) is 0 Å². The van der Waals surface area contributed by atoms with E-state index in [1.54, 1.807) is 22.7 Å². The summed E-state index contributed by atoms with van der Waals surface area (Å²) in [5.74, 6) is 0. The van der Waals surface area contributed by atoms with Gasteiger partial charge in [0.05, 0.1) is 28.2 Å². The Morgan fingerprint density at radius 3 is 2.69 bits per heavy atom. The summed E-state index contributed by atoms with van der Waals surface area (Å²) in [6.45, 7) is 4.22. The van der Waals surface area contributed by atoms with Gasteiger partial charge in [-0.05, 0) is 60.7 Å². The van der Waals surface area contributed by atoms with Crippen LogP contribution in [0.15, 0.2) is 69.5 Å². The summed E-state index contributed by atoms with van der Waals surface area (Å²) in [6.07, 6.45) is 3.71. The number of aromatic nitrogens is 2. The van der Waals surface area contributed by atoms with Gasteiger partial charge in [0.25, 0.3) is 0 Å². The van der Waals surface area contributed by atoms with Crippen LogP contribution < -0.4 is 4.80 Å². The fraction of sp³-hybridized carbons (Fsp3) is 0.100. The summed E-state index contributed by atoms with van der Waals surface area (Å²) in [5, 5.41) is 8.87. The van der Waals surface area contributed by atoms with Gasteiger partial charge in [-0.2, -0.15) is 5.10 Å². The molecule has 4 nitrogen and oxygen atoms in total. The molecule has 4 aromatic rings. The third kappa shape index (κ3) is 3.47. The lowest BCUT2D eigenvalue weighted by Crippen LogP contribution is -2.11. The monoisotopic (exact) mass is 378 g/mol. The highest BCUT2D eigenvalue weighted by Crippen LogP contribution is 2.25. The molecule has 0 saturated heterocycles. The van der Waals surface area contributed by atoms with Crippen molar-refractivity contribution in [3.63, 3.8) is 0 Å². The van der Waals surface area contributed by atoms with Gasteiger partial charge in [0, 0.05) is 11.6 Å². The zero-order valence-electron chi connectivity index (χ0n) is 14.5. The van der Waals surface area contributed by atoms with Gasteiger partial charge in [-0.1, -0.05) is 12.1 Å². The van der Waals surface area contributed by atoms with Gasteiger partial charge in [-0.15, -0.1) is 22.7 Å². The van der Waals surface area contributed by atoms with Crippen LogP contribution in [-0.4, -0.2) is 15.9 Å². The molecule has 0 saturated carbocycles. The molecule has 1 N–H and O–H groups in total. The molecular weight excluding hydrogens is 360 g/mol. The number of thiazole rings is 1. The van der Waals surface area contributed by atoms with E-state index in [-0.39, 0.29) is 0 Å². The van der Waals surface area contributed by atoms with Gasteiger partial charge >= 0.3 is 0 Å². The Bertz CT molecular complexity index is 1100. The summed E-state index contributed by atoms with van der Waals surface area (Å²) >= 11 is 3.30. The zero-order valence-corrected chi connectivity index (χ0v) is 16.1. The van der Waals surface area contributed by atoms with Crippen molar-refractivity contribution in [1.29, 1.82) is 0 Å². The maximum Gasteiger partial charge on any atom is 0.211 e. The lowest BCUT2D eigenvalue weighted by molar-refractivity contribution is 0.855. The van der Waals surface area contributed by atoms with Crippen molar-refractivity contribution in [3.8, 4) is 10.6 Å². The van der Waals surface area contributed by atoms with Crippen LogP contribution in [0.4, 0.5) is 5.69 Å². The number of aryl methyl sites for hydroxylation is 2. The number of nitrogens with zero attached hydrogens (tertiary/aromatic N) is 3. The van der Waals surface area contributed by atoms with E-state index in [0.717, 1.165) is 21.9 Å². The normalized spacial score (nSPS) is 12.3. The third-order valence-electron chi connectivity index (χ3n) is 4.11. The van der Waals surface area contributed by atoms with Crippen molar-refractivity contribution < 1.29 is 0 Å². The summed E-state index contributed by atoms with van der Waals surface area (Å²) in [5.41, 5.74) is 5.46. The van der Waals surface area contributed by atoms with Crippen molar-refractivity contribution >= 4 is 34.6 Å². The highest BCUT2D eigenvalue weighted by atomic mass is 32.1. The zero-order chi connectivity index (χ0) is 17.9. The van der Waals surface area contributed by atoms with Crippen molar-refractivity contribution in [2.45, 2.75) is 13.8 Å². The average molecular weight is 379 g/mol. The maximum absolute atomic E-state index is 4.84. The molecule has 4 rings (SSSR count). The Balaban J connectivity index is 1.83. The number of hydrogen-bond donors (Lipinski definition) is 1. The third-order valence-corrected chi connectivity index (χ3v) is 5.82. The van der Waals surface area contributed by atoms with E-state index in [1.165, 1.54) is 16.0 Å². The fourth-order valence-corrected chi connectivity index (χ4v) is 4.18. The van der Waals surface area contributed by atoms with Gasteiger partial charge in [-0.25, -0.2) is 9.67 Å². The molecule has 0 unspecified atom stereocenters. The first-order valence-corrected chi connectivity index (χ1v) is 10.0. The topological polar surface area (TPSA) is 45.4 Å². The molecule has 0 radical (unpaired) electrons. The predicted molar refractivity (Wildman–Crippen MR) is 111 cm³/mol. The van der Waals surface area contributed by atoms with Crippen molar-refractivity contribution in [1.82, 2.24) is 9.66 Å². The van der Waals surface area contributed by atoms with Crippen LogP contribution in [0.1, 0.15) is 16.8 Å². The van der Waals surface area contributed by atoms with Crippen LogP contribution in [0.5, 0.6) is 0 Å². The van der Waals surface area contributed by atoms with Crippen molar-refractivity contribution in [2.24, 2.45) is 10.1 Å². The molecule has 130 valence electrons. The number of aromatic amines is 1. The molecule has 6 heteroatoms. The minimum atomic E-state index is 0.847. The summed E-state index contributed by atoms with van der Waals surface area (Å²) < 4.78 is 1.91. The smallest absolute Gasteiger partial charge is 0.211 e. The summed E-state index contributed by atoms with van der Waals surface area (Å²) in [7, 11) is 0. The second-order valence-corrected chi connectivity index (χ2v) is 7.73. The van der Waals surface area contributed by atoms with Gasteiger partial charge in [-0.3, -0.25) is 0 Å². The Morgan fingerprint density at radius 1 is 1.04 bits per heavy atom. The number of hydrogen-bond acceptors (Lipinski definition) is 4.